The molecule has 0 radical (unpaired) electrons. The summed E-state index contributed by atoms with van der Waals surface area (Å²) in [5, 5.41) is 5.62. The van der Waals surface area contributed by atoms with Gasteiger partial charge in [0.25, 0.3) is 5.91 Å². The number of carbonyl (C=O) groups excluding carboxylic acids is 1. The Morgan fingerprint density at radius 3 is 2.84 bits per heavy atom. The van der Waals surface area contributed by atoms with Gasteiger partial charge in [0.15, 0.2) is 0 Å². The third-order valence-corrected chi connectivity index (χ3v) is 3.62. The summed E-state index contributed by atoms with van der Waals surface area (Å²) in [5.74, 6) is 5.45. The van der Waals surface area contributed by atoms with E-state index in [0.717, 1.165) is 5.01 Å². The smallest absolute Gasteiger partial charge is 0.270 e. The molecule has 4 N–H and O–H groups in total. The van der Waals surface area contributed by atoms with E-state index < -0.39 is 5.54 Å². The molecular formula is C12H15N5OS. The zero-order valence-corrected chi connectivity index (χ0v) is 11.5. The second-order valence-corrected chi connectivity index (χ2v) is 5.36. The highest BCUT2D eigenvalue weighted by Gasteiger charge is 2.26. The van der Waals surface area contributed by atoms with Crippen molar-refractivity contribution in [3.05, 3.63) is 40.5 Å². The van der Waals surface area contributed by atoms with E-state index in [1.807, 2.05) is 19.2 Å². The van der Waals surface area contributed by atoms with Gasteiger partial charge < -0.3 is 10.7 Å². The molecule has 0 aliphatic carbocycles. The van der Waals surface area contributed by atoms with Gasteiger partial charge in [0, 0.05) is 11.6 Å². The number of anilines is 1. The van der Waals surface area contributed by atoms with Crippen LogP contribution in [0.3, 0.4) is 0 Å². The first-order chi connectivity index (χ1) is 9.03. The molecule has 0 atom stereocenters. The predicted molar refractivity (Wildman–Crippen MR) is 74.7 cm³/mol. The number of carbonyl (C=O) groups is 1. The van der Waals surface area contributed by atoms with Gasteiger partial charge in [-0.1, -0.05) is 6.07 Å². The number of aromatic nitrogens is 2. The van der Waals surface area contributed by atoms with Gasteiger partial charge in [0.2, 0.25) is 0 Å². The molecule has 2 aromatic heterocycles. The molecule has 100 valence electrons. The summed E-state index contributed by atoms with van der Waals surface area (Å²) in [5.41, 5.74) is 2.17. The predicted octanol–water partition coefficient (Wildman–Crippen LogP) is 1.49. The number of nitrogens with two attached hydrogens (primary N) is 1. The van der Waals surface area contributed by atoms with Crippen molar-refractivity contribution in [2.24, 2.45) is 5.84 Å². The normalized spacial score (nSPS) is 11.1. The van der Waals surface area contributed by atoms with Gasteiger partial charge in [-0.05, 0) is 26.0 Å². The number of nitrogens with one attached hydrogen (secondary N) is 2. The molecule has 6 nitrogen and oxygen atoms in total. The van der Waals surface area contributed by atoms with E-state index in [4.69, 9.17) is 5.84 Å². The number of hydrogen-bond acceptors (Lipinski definition) is 6. The SMILES string of the molecule is CC(C)(NC(=O)c1cccc(NN)n1)c1nccs1. The lowest BCUT2D eigenvalue weighted by Crippen LogP contribution is -2.41. The Labute approximate surface area is 115 Å². The second kappa shape index (κ2) is 5.33. The summed E-state index contributed by atoms with van der Waals surface area (Å²) in [6.07, 6.45) is 1.71. The van der Waals surface area contributed by atoms with E-state index in [-0.39, 0.29) is 5.91 Å². The first-order valence-corrected chi connectivity index (χ1v) is 6.57. The summed E-state index contributed by atoms with van der Waals surface area (Å²) in [6.45, 7) is 3.80. The summed E-state index contributed by atoms with van der Waals surface area (Å²) < 4.78 is 0. The van der Waals surface area contributed by atoms with Gasteiger partial charge in [0.05, 0.1) is 5.54 Å². The highest BCUT2D eigenvalue weighted by molar-refractivity contribution is 7.09. The number of thiazole rings is 1. The number of nitrogens with zero attached hydrogens (tertiary/aromatic N) is 2. The van der Waals surface area contributed by atoms with Crippen LogP contribution in [0.25, 0.3) is 0 Å². The fourth-order valence-corrected chi connectivity index (χ4v) is 2.29. The minimum absolute atomic E-state index is 0.266. The lowest BCUT2D eigenvalue weighted by molar-refractivity contribution is 0.0907. The first kappa shape index (κ1) is 13.4. The molecule has 0 fully saturated rings. The maximum atomic E-state index is 12.2. The molecule has 0 spiro atoms. The van der Waals surface area contributed by atoms with E-state index in [2.05, 4.69) is 20.7 Å². The summed E-state index contributed by atoms with van der Waals surface area (Å²) >= 11 is 1.50. The van der Waals surface area contributed by atoms with Crippen molar-refractivity contribution in [1.82, 2.24) is 15.3 Å². The van der Waals surface area contributed by atoms with Crippen molar-refractivity contribution in [3.8, 4) is 0 Å². The lowest BCUT2D eigenvalue weighted by atomic mass is 10.1. The van der Waals surface area contributed by atoms with Crippen LogP contribution in [0.5, 0.6) is 0 Å². The average molecular weight is 277 g/mol. The molecule has 2 aromatic rings. The Hall–Kier alpha value is -1.99. The maximum absolute atomic E-state index is 12.2. The minimum Gasteiger partial charge on any atom is -0.339 e. The van der Waals surface area contributed by atoms with Crippen LogP contribution in [-0.4, -0.2) is 15.9 Å². The second-order valence-electron chi connectivity index (χ2n) is 4.47. The van der Waals surface area contributed by atoms with Crippen LogP contribution in [0.1, 0.15) is 29.3 Å². The standard InChI is InChI=1S/C12H15N5OS/c1-12(2,11-14-6-7-19-11)16-10(18)8-4-3-5-9(15-8)17-13/h3-7H,13H2,1-2H3,(H,15,17)(H,16,18). The summed E-state index contributed by atoms with van der Waals surface area (Å²) in [4.78, 5) is 20.5. The quantitative estimate of drug-likeness (QED) is 0.581. The largest absolute Gasteiger partial charge is 0.339 e. The molecule has 2 heterocycles. The highest BCUT2D eigenvalue weighted by atomic mass is 32.1. The van der Waals surface area contributed by atoms with Gasteiger partial charge in [-0.2, -0.15) is 0 Å². The number of nitrogen functional groups attached to an aromatic ring is 1. The summed E-state index contributed by atoms with van der Waals surface area (Å²) in [6, 6.07) is 5.03. The van der Waals surface area contributed by atoms with Gasteiger partial charge in [-0.15, -0.1) is 11.3 Å². The first-order valence-electron chi connectivity index (χ1n) is 5.69. The Kier molecular flexibility index (Phi) is 3.77. The Bertz CT molecular complexity index is 567. The van der Waals surface area contributed by atoms with Gasteiger partial charge in [-0.25, -0.2) is 15.8 Å². The fourth-order valence-electron chi connectivity index (χ4n) is 1.58. The van der Waals surface area contributed by atoms with Gasteiger partial charge in [-0.3, -0.25) is 4.79 Å². The van der Waals surface area contributed by atoms with Crippen LogP contribution in [0, 0.1) is 0 Å². The van der Waals surface area contributed by atoms with E-state index in [0.29, 0.717) is 11.5 Å². The van der Waals surface area contributed by atoms with Crippen molar-refractivity contribution < 1.29 is 4.79 Å². The highest BCUT2D eigenvalue weighted by Crippen LogP contribution is 2.22. The van der Waals surface area contributed by atoms with Crippen molar-refractivity contribution in [3.63, 3.8) is 0 Å². The van der Waals surface area contributed by atoms with Gasteiger partial charge in [0.1, 0.15) is 16.5 Å². The zero-order chi connectivity index (χ0) is 13.9. The molecule has 0 aromatic carbocycles. The Balaban J connectivity index is 2.16. The van der Waals surface area contributed by atoms with Gasteiger partial charge >= 0.3 is 0 Å². The molecule has 0 bridgehead atoms. The molecule has 1 amide bonds. The number of hydrazine groups is 1. The van der Waals surface area contributed by atoms with Crippen molar-refractivity contribution in [1.29, 1.82) is 0 Å². The minimum atomic E-state index is -0.543. The van der Waals surface area contributed by atoms with Crippen molar-refractivity contribution >= 4 is 23.1 Å². The Morgan fingerprint density at radius 1 is 1.42 bits per heavy atom. The molecule has 0 aliphatic rings. The topological polar surface area (TPSA) is 92.9 Å². The van der Waals surface area contributed by atoms with Crippen LogP contribution >= 0.6 is 11.3 Å². The molecule has 2 rings (SSSR count). The number of hydrogen-bond donors (Lipinski definition) is 3. The molecule has 0 saturated carbocycles. The third kappa shape index (κ3) is 3.07. The zero-order valence-electron chi connectivity index (χ0n) is 10.7. The van der Waals surface area contributed by atoms with Crippen molar-refractivity contribution in [2.45, 2.75) is 19.4 Å². The van der Waals surface area contributed by atoms with Crippen LogP contribution in [0.2, 0.25) is 0 Å². The van der Waals surface area contributed by atoms with Crippen LogP contribution in [-0.2, 0) is 5.54 Å². The molecule has 0 unspecified atom stereocenters. The molecule has 0 saturated heterocycles. The summed E-state index contributed by atoms with van der Waals surface area (Å²) in [7, 11) is 0. The molecular weight excluding hydrogens is 262 g/mol. The van der Waals surface area contributed by atoms with Crippen LogP contribution in [0.15, 0.2) is 29.8 Å². The molecule has 19 heavy (non-hydrogen) atoms. The number of pyridine rings is 1. The van der Waals surface area contributed by atoms with Crippen molar-refractivity contribution in [2.75, 3.05) is 5.43 Å². The molecule has 7 heteroatoms. The van der Waals surface area contributed by atoms with E-state index in [9.17, 15) is 4.79 Å². The van der Waals surface area contributed by atoms with E-state index in [1.165, 1.54) is 11.3 Å². The monoisotopic (exact) mass is 277 g/mol. The average Bonchev–Trinajstić information content (AvgIpc) is 2.93. The van der Waals surface area contributed by atoms with Crippen LogP contribution < -0.4 is 16.6 Å². The maximum Gasteiger partial charge on any atom is 0.270 e. The lowest BCUT2D eigenvalue weighted by Gasteiger charge is -2.23. The van der Waals surface area contributed by atoms with Crippen LogP contribution in [0.4, 0.5) is 5.82 Å². The number of amides is 1. The third-order valence-electron chi connectivity index (χ3n) is 2.52. The Morgan fingerprint density at radius 2 is 2.21 bits per heavy atom. The van der Waals surface area contributed by atoms with E-state index in [1.54, 1.807) is 24.4 Å². The van der Waals surface area contributed by atoms with E-state index >= 15 is 0 Å². The number of rotatable bonds is 4. The molecule has 0 aliphatic heterocycles. The fraction of sp³-hybridized carbons (Fsp3) is 0.250.